The zero-order valence-corrected chi connectivity index (χ0v) is 13.5. The average Bonchev–Trinajstić information content (AvgIpc) is 2.77. The van der Waals surface area contributed by atoms with E-state index >= 15 is 0 Å². The molecule has 1 fully saturated rings. The Morgan fingerprint density at radius 2 is 1.96 bits per heavy atom. The molecule has 124 valence electrons. The Balaban J connectivity index is 2.05. The Hall–Kier alpha value is -2.57. The summed E-state index contributed by atoms with van der Waals surface area (Å²) in [4.78, 5) is 36.5. The highest BCUT2D eigenvalue weighted by molar-refractivity contribution is 6.07. The van der Waals surface area contributed by atoms with Crippen LogP contribution in [0.5, 0.6) is 5.75 Å². The summed E-state index contributed by atoms with van der Waals surface area (Å²) < 4.78 is 5.60. The monoisotopic (exact) mass is 319 g/mol. The van der Waals surface area contributed by atoms with Crippen molar-refractivity contribution in [2.75, 3.05) is 0 Å². The van der Waals surface area contributed by atoms with E-state index in [1.165, 1.54) is 0 Å². The van der Waals surface area contributed by atoms with Gasteiger partial charge in [-0.2, -0.15) is 5.01 Å². The van der Waals surface area contributed by atoms with Crippen LogP contribution in [0.15, 0.2) is 30.3 Å². The average molecular weight is 319 g/mol. The zero-order chi connectivity index (χ0) is 17.0. The highest BCUT2D eigenvalue weighted by atomic mass is 16.5. The number of para-hydroxylation sites is 1. The van der Waals surface area contributed by atoms with Crippen molar-refractivity contribution in [1.82, 2.24) is 15.8 Å². The number of urea groups is 1. The van der Waals surface area contributed by atoms with Gasteiger partial charge in [-0.15, -0.1) is 0 Å². The Kier molecular flexibility index (Phi) is 4.88. The van der Waals surface area contributed by atoms with Crippen molar-refractivity contribution < 1.29 is 19.1 Å². The number of amides is 4. The number of nitrogens with zero attached hydrogens (tertiary/aromatic N) is 1. The van der Waals surface area contributed by atoms with Crippen LogP contribution in [0.25, 0.3) is 0 Å². The number of hydrogen-bond donors (Lipinski definition) is 2. The van der Waals surface area contributed by atoms with Gasteiger partial charge in [0, 0.05) is 0 Å². The van der Waals surface area contributed by atoms with Gasteiger partial charge in [0.15, 0.2) is 6.10 Å². The molecule has 0 spiro atoms. The van der Waals surface area contributed by atoms with E-state index in [-0.39, 0.29) is 0 Å². The van der Waals surface area contributed by atoms with E-state index in [0.717, 1.165) is 5.01 Å². The van der Waals surface area contributed by atoms with E-state index in [1.54, 1.807) is 45.0 Å². The highest BCUT2D eigenvalue weighted by Gasteiger charge is 2.47. The van der Waals surface area contributed by atoms with Gasteiger partial charge < -0.3 is 10.1 Å². The second kappa shape index (κ2) is 6.68. The van der Waals surface area contributed by atoms with Gasteiger partial charge in [-0.1, -0.05) is 32.0 Å². The first-order valence-electron chi connectivity index (χ1n) is 7.60. The molecule has 0 aliphatic carbocycles. The molecule has 0 saturated carbocycles. The number of benzene rings is 1. The van der Waals surface area contributed by atoms with Gasteiger partial charge in [0.1, 0.15) is 11.3 Å². The maximum Gasteiger partial charge on any atom is 0.344 e. The van der Waals surface area contributed by atoms with Crippen molar-refractivity contribution in [3.63, 3.8) is 0 Å². The highest BCUT2D eigenvalue weighted by Crippen LogP contribution is 2.19. The first-order valence-corrected chi connectivity index (χ1v) is 7.60. The minimum Gasteiger partial charge on any atom is -0.481 e. The Labute approximate surface area is 135 Å². The van der Waals surface area contributed by atoms with Gasteiger partial charge in [-0.25, -0.2) is 4.79 Å². The van der Waals surface area contributed by atoms with Crippen LogP contribution in [0.4, 0.5) is 4.79 Å². The van der Waals surface area contributed by atoms with Crippen molar-refractivity contribution in [2.24, 2.45) is 0 Å². The Bertz CT molecular complexity index is 605. The van der Waals surface area contributed by atoms with Crippen LogP contribution in [0.2, 0.25) is 0 Å². The molecular weight excluding hydrogens is 298 g/mol. The molecule has 2 rings (SSSR count). The molecule has 1 aromatic rings. The molecular formula is C16H21N3O4. The summed E-state index contributed by atoms with van der Waals surface area (Å²) in [6.07, 6.45) is 0.0309. The molecule has 7 nitrogen and oxygen atoms in total. The fourth-order valence-electron chi connectivity index (χ4n) is 2.19. The van der Waals surface area contributed by atoms with Gasteiger partial charge in [0.05, 0.1) is 0 Å². The number of nitrogens with one attached hydrogen (secondary N) is 2. The molecule has 2 atom stereocenters. The van der Waals surface area contributed by atoms with E-state index in [4.69, 9.17) is 4.74 Å². The van der Waals surface area contributed by atoms with E-state index in [2.05, 4.69) is 10.7 Å². The Morgan fingerprint density at radius 3 is 2.48 bits per heavy atom. The van der Waals surface area contributed by atoms with Crippen molar-refractivity contribution in [3.8, 4) is 5.75 Å². The van der Waals surface area contributed by atoms with Gasteiger partial charge >= 0.3 is 6.03 Å². The van der Waals surface area contributed by atoms with E-state index in [1.807, 2.05) is 6.07 Å². The van der Waals surface area contributed by atoms with Crippen LogP contribution in [-0.2, 0) is 9.59 Å². The third-order valence-electron chi connectivity index (χ3n) is 3.87. The Morgan fingerprint density at radius 1 is 1.30 bits per heavy atom. The van der Waals surface area contributed by atoms with Gasteiger partial charge in [0.25, 0.3) is 11.8 Å². The molecule has 1 aromatic carbocycles. The first-order chi connectivity index (χ1) is 10.9. The summed E-state index contributed by atoms with van der Waals surface area (Å²) in [6, 6.07) is 8.26. The largest absolute Gasteiger partial charge is 0.481 e. The summed E-state index contributed by atoms with van der Waals surface area (Å²) >= 11 is 0. The maximum absolute atomic E-state index is 12.3. The molecule has 1 saturated heterocycles. The lowest BCUT2D eigenvalue weighted by molar-refractivity contribution is -0.141. The van der Waals surface area contributed by atoms with E-state index < -0.39 is 29.5 Å². The van der Waals surface area contributed by atoms with Crippen LogP contribution in [0, 0.1) is 0 Å². The lowest BCUT2D eigenvalue weighted by Crippen LogP contribution is -2.52. The zero-order valence-electron chi connectivity index (χ0n) is 13.5. The van der Waals surface area contributed by atoms with E-state index in [9.17, 15) is 14.4 Å². The molecule has 0 radical (unpaired) electrons. The predicted octanol–water partition coefficient (Wildman–Crippen LogP) is 1.60. The van der Waals surface area contributed by atoms with Crippen LogP contribution in [-0.4, -0.2) is 34.5 Å². The van der Waals surface area contributed by atoms with Gasteiger partial charge in [-0.3, -0.25) is 15.0 Å². The minimum atomic E-state index is -0.994. The molecule has 0 unspecified atom stereocenters. The third kappa shape index (κ3) is 3.44. The lowest BCUT2D eigenvalue weighted by atomic mass is 10.00. The van der Waals surface area contributed by atoms with Crippen LogP contribution >= 0.6 is 0 Å². The smallest absolute Gasteiger partial charge is 0.344 e. The topological polar surface area (TPSA) is 87.7 Å². The molecule has 0 aromatic heterocycles. The van der Waals surface area contributed by atoms with Crippen LogP contribution in [0.3, 0.4) is 0 Å². The van der Waals surface area contributed by atoms with Crippen molar-refractivity contribution in [1.29, 1.82) is 0 Å². The number of carbonyl (C=O) groups excluding carboxylic acids is 3. The fourth-order valence-corrected chi connectivity index (χ4v) is 2.19. The summed E-state index contributed by atoms with van der Waals surface area (Å²) in [5, 5.41) is 3.30. The standard InChI is InChI=1S/C16H21N3O4/c1-4-12(23-11-9-7-6-8-10-11)13(20)18-19-14(21)16(3,5-2)17-15(19)22/h6-10,12H,4-5H2,1-3H3,(H,17,22)(H,18,20)/t12-,16+/m0/s1. The molecule has 1 aliphatic heterocycles. The maximum atomic E-state index is 12.3. The molecule has 2 N–H and O–H groups in total. The summed E-state index contributed by atoms with van der Waals surface area (Å²) in [5.74, 6) is -0.474. The quantitative estimate of drug-likeness (QED) is 0.780. The molecule has 1 aliphatic rings. The lowest BCUT2D eigenvalue weighted by Gasteiger charge is -2.22. The second-order valence-corrected chi connectivity index (χ2v) is 5.56. The van der Waals surface area contributed by atoms with Crippen LogP contribution < -0.4 is 15.5 Å². The molecule has 4 amide bonds. The molecule has 1 heterocycles. The van der Waals surface area contributed by atoms with Crippen LogP contribution in [0.1, 0.15) is 33.6 Å². The van der Waals surface area contributed by atoms with Gasteiger partial charge in [0.2, 0.25) is 0 Å². The van der Waals surface area contributed by atoms with Gasteiger partial charge in [-0.05, 0) is 31.9 Å². The third-order valence-corrected chi connectivity index (χ3v) is 3.87. The summed E-state index contributed by atoms with van der Waals surface area (Å²) in [6.45, 7) is 5.20. The van der Waals surface area contributed by atoms with E-state index in [0.29, 0.717) is 18.6 Å². The number of carbonyl (C=O) groups is 3. The van der Waals surface area contributed by atoms with Crippen molar-refractivity contribution in [2.45, 2.75) is 45.3 Å². The normalized spacial score (nSPS) is 21.8. The molecule has 7 heteroatoms. The number of hydrogen-bond acceptors (Lipinski definition) is 4. The number of imide groups is 1. The number of rotatable bonds is 6. The summed E-state index contributed by atoms with van der Waals surface area (Å²) in [7, 11) is 0. The minimum absolute atomic E-state index is 0.398. The SMILES string of the molecule is CC[C@H](Oc1ccccc1)C(=O)NN1C(=O)N[C@](C)(CC)C1=O. The first kappa shape index (κ1) is 16.8. The number of hydrazine groups is 1. The predicted molar refractivity (Wildman–Crippen MR) is 83.4 cm³/mol. The van der Waals surface area contributed by atoms with Crippen molar-refractivity contribution >= 4 is 17.8 Å². The molecule has 0 bridgehead atoms. The van der Waals surface area contributed by atoms with Crippen molar-refractivity contribution in [3.05, 3.63) is 30.3 Å². The second-order valence-electron chi connectivity index (χ2n) is 5.56. The number of ether oxygens (including phenoxy) is 1. The summed E-state index contributed by atoms with van der Waals surface area (Å²) in [5.41, 5.74) is 1.35. The molecule has 23 heavy (non-hydrogen) atoms. The fraction of sp³-hybridized carbons (Fsp3) is 0.438.